The van der Waals surface area contributed by atoms with Crippen LogP contribution in [0, 0.1) is 10.1 Å². The fourth-order valence-electron chi connectivity index (χ4n) is 1.13. The summed E-state index contributed by atoms with van der Waals surface area (Å²) in [5, 5.41) is 11.1. The quantitative estimate of drug-likeness (QED) is 0.671. The number of hydrogen-bond acceptors (Lipinski definition) is 4. The Morgan fingerprint density at radius 2 is 2.31 bits per heavy atom. The van der Waals surface area contributed by atoms with Gasteiger partial charge in [0.15, 0.2) is 0 Å². The van der Waals surface area contributed by atoms with E-state index in [1.165, 1.54) is 6.07 Å². The van der Waals surface area contributed by atoms with Crippen molar-refractivity contribution in [2.24, 2.45) is 5.73 Å². The summed E-state index contributed by atoms with van der Waals surface area (Å²) in [4.78, 5) is 10.5. The lowest BCUT2D eigenvalue weighted by molar-refractivity contribution is -0.385. The van der Waals surface area contributed by atoms with Crippen molar-refractivity contribution < 1.29 is 4.92 Å². The molecule has 1 aromatic rings. The molecule has 0 saturated heterocycles. The molecule has 0 amide bonds. The van der Waals surface area contributed by atoms with Gasteiger partial charge >= 0.3 is 0 Å². The molecule has 1 rings (SSSR count). The Hall–Kier alpha value is -0.590. The molecule has 0 bridgehead atoms. The van der Waals surface area contributed by atoms with Crippen LogP contribution in [0.5, 0.6) is 0 Å². The highest BCUT2D eigenvalue weighted by atomic mass is 79.9. The van der Waals surface area contributed by atoms with Crippen LogP contribution >= 0.6 is 27.7 Å². The van der Waals surface area contributed by atoms with Crippen LogP contribution in [0.2, 0.25) is 0 Å². The average molecular weight is 305 g/mol. The second-order valence-corrected chi connectivity index (χ2v) is 5.73. The van der Waals surface area contributed by atoms with Gasteiger partial charge in [-0.25, -0.2) is 0 Å². The lowest BCUT2D eigenvalue weighted by Crippen LogP contribution is -2.12. The minimum Gasteiger partial charge on any atom is -0.329 e. The van der Waals surface area contributed by atoms with Crippen molar-refractivity contribution in [3.8, 4) is 0 Å². The zero-order chi connectivity index (χ0) is 12.1. The van der Waals surface area contributed by atoms with Crippen LogP contribution in [-0.2, 0) is 5.75 Å². The van der Waals surface area contributed by atoms with E-state index in [0.29, 0.717) is 17.5 Å². The molecule has 0 spiro atoms. The minimum atomic E-state index is -0.353. The number of nitro groups is 1. The highest BCUT2D eigenvalue weighted by molar-refractivity contribution is 9.10. The highest BCUT2D eigenvalue weighted by Crippen LogP contribution is 2.28. The number of benzene rings is 1. The fraction of sp³-hybridized carbons (Fsp3) is 0.400. The van der Waals surface area contributed by atoms with E-state index in [1.807, 2.05) is 13.0 Å². The van der Waals surface area contributed by atoms with Gasteiger partial charge in [-0.15, -0.1) is 0 Å². The smallest absolute Gasteiger partial charge is 0.274 e. The molecule has 1 aromatic carbocycles. The topological polar surface area (TPSA) is 69.2 Å². The number of halogens is 1. The standard InChI is InChI=1S/C10H13BrN2O2S/c1-7(5-12)16-6-8-2-3-9(11)4-10(8)13(14)15/h2-4,7H,5-6,12H2,1H3. The summed E-state index contributed by atoms with van der Waals surface area (Å²) >= 11 is 4.85. The monoisotopic (exact) mass is 304 g/mol. The Kier molecular flexibility index (Phi) is 5.24. The van der Waals surface area contributed by atoms with Gasteiger partial charge in [-0.3, -0.25) is 10.1 Å². The van der Waals surface area contributed by atoms with Crippen LogP contribution in [0.3, 0.4) is 0 Å². The number of nitro benzene ring substituents is 1. The van der Waals surface area contributed by atoms with Gasteiger partial charge < -0.3 is 5.73 Å². The number of hydrogen-bond donors (Lipinski definition) is 1. The molecule has 1 atom stereocenters. The second-order valence-electron chi connectivity index (χ2n) is 3.39. The lowest BCUT2D eigenvalue weighted by Gasteiger charge is -2.08. The normalized spacial score (nSPS) is 12.4. The van der Waals surface area contributed by atoms with E-state index in [4.69, 9.17) is 5.73 Å². The Balaban J connectivity index is 2.82. The van der Waals surface area contributed by atoms with Crippen LogP contribution in [-0.4, -0.2) is 16.7 Å². The molecule has 4 nitrogen and oxygen atoms in total. The summed E-state index contributed by atoms with van der Waals surface area (Å²) in [6, 6.07) is 5.12. The van der Waals surface area contributed by atoms with Gasteiger partial charge in [0.25, 0.3) is 5.69 Å². The molecular formula is C10H13BrN2O2S. The third-order valence-corrected chi connectivity index (χ3v) is 3.83. The summed E-state index contributed by atoms with van der Waals surface area (Å²) in [5.74, 6) is 0.613. The Bertz CT molecular complexity index is 387. The van der Waals surface area contributed by atoms with Crippen molar-refractivity contribution in [3.63, 3.8) is 0 Å². The molecule has 0 aliphatic rings. The van der Waals surface area contributed by atoms with Gasteiger partial charge in [0.05, 0.1) is 4.92 Å². The molecular weight excluding hydrogens is 292 g/mol. The first-order valence-corrected chi connectivity index (χ1v) is 6.63. The first kappa shape index (κ1) is 13.5. The fourth-order valence-corrected chi connectivity index (χ4v) is 2.32. The SMILES string of the molecule is CC(CN)SCc1ccc(Br)cc1[N+](=O)[O-]. The Morgan fingerprint density at radius 1 is 1.62 bits per heavy atom. The summed E-state index contributed by atoms with van der Waals surface area (Å²) in [6.45, 7) is 2.59. The summed E-state index contributed by atoms with van der Waals surface area (Å²) in [7, 11) is 0. The molecule has 16 heavy (non-hydrogen) atoms. The van der Waals surface area contributed by atoms with E-state index in [0.717, 1.165) is 10.0 Å². The van der Waals surface area contributed by atoms with Gasteiger partial charge in [-0.05, 0) is 6.07 Å². The largest absolute Gasteiger partial charge is 0.329 e. The third-order valence-electron chi connectivity index (χ3n) is 2.10. The molecule has 1 unspecified atom stereocenters. The summed E-state index contributed by atoms with van der Waals surface area (Å²) < 4.78 is 0.722. The second kappa shape index (κ2) is 6.22. The van der Waals surface area contributed by atoms with E-state index < -0.39 is 0 Å². The first-order chi connectivity index (χ1) is 7.54. The number of thioether (sulfide) groups is 1. The van der Waals surface area contributed by atoms with E-state index in [1.54, 1.807) is 17.8 Å². The van der Waals surface area contributed by atoms with Crippen molar-refractivity contribution in [1.29, 1.82) is 0 Å². The van der Waals surface area contributed by atoms with Gasteiger partial charge in [0, 0.05) is 33.7 Å². The minimum absolute atomic E-state index is 0.158. The third kappa shape index (κ3) is 3.77. The molecule has 6 heteroatoms. The van der Waals surface area contributed by atoms with Crippen molar-refractivity contribution in [1.82, 2.24) is 0 Å². The van der Waals surface area contributed by atoms with E-state index in [-0.39, 0.29) is 10.6 Å². The molecule has 0 saturated carbocycles. The predicted molar refractivity (Wildman–Crippen MR) is 70.6 cm³/mol. The van der Waals surface area contributed by atoms with Gasteiger partial charge in [-0.2, -0.15) is 11.8 Å². The van der Waals surface area contributed by atoms with E-state index in [2.05, 4.69) is 15.9 Å². The van der Waals surface area contributed by atoms with Gasteiger partial charge in [-0.1, -0.05) is 28.9 Å². The van der Waals surface area contributed by atoms with Crippen LogP contribution in [0.25, 0.3) is 0 Å². The zero-order valence-corrected chi connectivity index (χ0v) is 11.3. The van der Waals surface area contributed by atoms with E-state index >= 15 is 0 Å². The van der Waals surface area contributed by atoms with Crippen molar-refractivity contribution in [3.05, 3.63) is 38.3 Å². The number of rotatable bonds is 5. The van der Waals surface area contributed by atoms with Gasteiger partial charge in [0.1, 0.15) is 0 Å². The predicted octanol–water partition coefficient (Wildman–Crippen LogP) is 2.94. The molecule has 0 radical (unpaired) electrons. The average Bonchev–Trinajstić information content (AvgIpc) is 2.26. The van der Waals surface area contributed by atoms with Crippen LogP contribution in [0.4, 0.5) is 5.69 Å². The zero-order valence-electron chi connectivity index (χ0n) is 8.85. The number of nitrogens with zero attached hydrogens (tertiary/aromatic N) is 1. The van der Waals surface area contributed by atoms with Crippen molar-refractivity contribution in [2.45, 2.75) is 17.9 Å². The summed E-state index contributed by atoms with van der Waals surface area (Å²) in [6.07, 6.45) is 0. The molecule has 0 aromatic heterocycles. The van der Waals surface area contributed by atoms with Crippen LogP contribution in [0.1, 0.15) is 12.5 Å². The molecule has 88 valence electrons. The maximum Gasteiger partial charge on any atom is 0.274 e. The maximum absolute atomic E-state index is 10.8. The maximum atomic E-state index is 10.8. The molecule has 0 heterocycles. The Labute approximate surface area is 107 Å². The first-order valence-electron chi connectivity index (χ1n) is 4.79. The number of nitrogens with two attached hydrogens (primary N) is 1. The Morgan fingerprint density at radius 3 is 2.88 bits per heavy atom. The van der Waals surface area contributed by atoms with Gasteiger partial charge in [0.2, 0.25) is 0 Å². The van der Waals surface area contributed by atoms with Crippen molar-refractivity contribution >= 4 is 33.4 Å². The molecule has 0 fully saturated rings. The van der Waals surface area contributed by atoms with Crippen molar-refractivity contribution in [2.75, 3.05) is 6.54 Å². The van der Waals surface area contributed by atoms with Crippen LogP contribution in [0.15, 0.2) is 22.7 Å². The highest BCUT2D eigenvalue weighted by Gasteiger charge is 2.14. The lowest BCUT2D eigenvalue weighted by atomic mass is 10.2. The molecule has 0 aliphatic heterocycles. The molecule has 0 aliphatic carbocycles. The van der Waals surface area contributed by atoms with E-state index in [9.17, 15) is 10.1 Å². The summed E-state index contributed by atoms with van der Waals surface area (Å²) in [5.41, 5.74) is 6.39. The molecule has 2 N–H and O–H groups in total. The van der Waals surface area contributed by atoms with Crippen LogP contribution < -0.4 is 5.73 Å².